The molecule has 2 aliphatic rings. The van der Waals surface area contributed by atoms with Crippen LogP contribution in [0.4, 0.5) is 4.79 Å². The number of hydrogen-bond donors (Lipinski definition) is 3. The van der Waals surface area contributed by atoms with Gasteiger partial charge in [-0.15, -0.1) is 0 Å². The van der Waals surface area contributed by atoms with Crippen molar-refractivity contribution in [2.45, 2.75) is 45.1 Å². The predicted octanol–water partition coefficient (Wildman–Crippen LogP) is 1.92. The fourth-order valence-corrected chi connectivity index (χ4v) is 3.56. The molecule has 0 spiro atoms. The highest BCUT2D eigenvalue weighted by Gasteiger charge is 2.36. The number of urea groups is 1. The molecule has 1 aromatic rings. The number of ether oxygens (including phenoxy) is 3. The van der Waals surface area contributed by atoms with Crippen LogP contribution >= 0.6 is 0 Å². The molecule has 3 amide bonds. The Morgan fingerprint density at radius 2 is 1.83 bits per heavy atom. The van der Waals surface area contributed by atoms with Crippen LogP contribution in [0, 0.1) is 5.92 Å². The van der Waals surface area contributed by atoms with Crippen molar-refractivity contribution in [1.82, 2.24) is 16.0 Å². The molecule has 1 unspecified atom stereocenters. The van der Waals surface area contributed by atoms with E-state index in [0.717, 1.165) is 29.9 Å². The predicted molar refractivity (Wildman–Crippen MR) is 108 cm³/mol. The molecule has 0 aromatic heterocycles. The summed E-state index contributed by atoms with van der Waals surface area (Å²) in [5.41, 5.74) is 0.966. The van der Waals surface area contributed by atoms with Crippen LogP contribution < -0.4 is 25.4 Å². The first-order valence-electron chi connectivity index (χ1n) is 10.2. The maximum Gasteiger partial charge on any atom is 0.321 e. The Labute approximate surface area is 171 Å². The molecule has 8 nitrogen and oxygen atoms in total. The summed E-state index contributed by atoms with van der Waals surface area (Å²) in [6.07, 6.45) is 1.67. The molecule has 8 heteroatoms. The standard InChI is InChI=1S/C21H31N3O5/c1-14(2)11-22-20(26)24-19(25)15(3)23-12-21(6-8-27-9-7-21)16-4-5-17-18(10-16)29-13-28-17/h4-5,10,14-15,23H,6-9,11-13H2,1-3H3,(H2,22,24,25,26). The fraction of sp³-hybridized carbons (Fsp3) is 0.619. The maximum atomic E-state index is 12.4. The fourth-order valence-electron chi connectivity index (χ4n) is 3.56. The zero-order valence-corrected chi connectivity index (χ0v) is 17.4. The van der Waals surface area contributed by atoms with Gasteiger partial charge in [-0.2, -0.15) is 0 Å². The molecule has 0 bridgehead atoms. The van der Waals surface area contributed by atoms with Crippen molar-refractivity contribution in [2.24, 2.45) is 5.92 Å². The quantitative estimate of drug-likeness (QED) is 0.641. The van der Waals surface area contributed by atoms with E-state index in [4.69, 9.17) is 14.2 Å². The number of amides is 3. The molecule has 1 fully saturated rings. The number of hydrogen-bond acceptors (Lipinski definition) is 6. The molecule has 1 saturated heterocycles. The van der Waals surface area contributed by atoms with E-state index < -0.39 is 12.1 Å². The Balaban J connectivity index is 1.62. The van der Waals surface area contributed by atoms with Crippen LogP contribution in [0.5, 0.6) is 11.5 Å². The van der Waals surface area contributed by atoms with E-state index in [9.17, 15) is 9.59 Å². The van der Waals surface area contributed by atoms with E-state index >= 15 is 0 Å². The highest BCUT2D eigenvalue weighted by Crippen LogP contribution is 2.40. The van der Waals surface area contributed by atoms with Crippen molar-refractivity contribution in [3.63, 3.8) is 0 Å². The van der Waals surface area contributed by atoms with Crippen LogP contribution in [0.2, 0.25) is 0 Å². The number of imide groups is 1. The Bertz CT molecular complexity index is 731. The van der Waals surface area contributed by atoms with Crippen LogP contribution in [-0.4, -0.2) is 51.1 Å². The minimum atomic E-state index is -0.506. The Hall–Kier alpha value is -2.32. The molecule has 1 atom stereocenters. The number of carbonyl (C=O) groups excluding carboxylic acids is 2. The average Bonchev–Trinajstić information content (AvgIpc) is 3.19. The first-order chi connectivity index (χ1) is 13.9. The summed E-state index contributed by atoms with van der Waals surface area (Å²) in [5.74, 6) is 1.48. The molecule has 2 heterocycles. The molecule has 3 rings (SSSR count). The van der Waals surface area contributed by atoms with E-state index in [1.807, 2.05) is 26.0 Å². The molecule has 0 aliphatic carbocycles. The Morgan fingerprint density at radius 1 is 1.10 bits per heavy atom. The lowest BCUT2D eigenvalue weighted by molar-refractivity contribution is -0.121. The average molecular weight is 405 g/mol. The van der Waals surface area contributed by atoms with Gasteiger partial charge in [-0.05, 0) is 43.4 Å². The summed E-state index contributed by atoms with van der Waals surface area (Å²) in [6, 6.07) is 5.05. The second kappa shape index (κ2) is 9.45. The third-order valence-electron chi connectivity index (χ3n) is 5.48. The van der Waals surface area contributed by atoms with Crippen LogP contribution in [0.3, 0.4) is 0 Å². The third kappa shape index (κ3) is 5.39. The molecular formula is C21H31N3O5. The summed E-state index contributed by atoms with van der Waals surface area (Å²) in [7, 11) is 0. The SMILES string of the molecule is CC(C)CNC(=O)NC(=O)C(C)NCC1(c2ccc3c(c2)OCO3)CCOCC1. The van der Waals surface area contributed by atoms with Crippen LogP contribution in [0.25, 0.3) is 0 Å². The van der Waals surface area contributed by atoms with Gasteiger partial charge in [0.15, 0.2) is 11.5 Å². The van der Waals surface area contributed by atoms with E-state index in [1.54, 1.807) is 6.92 Å². The van der Waals surface area contributed by atoms with Gasteiger partial charge in [0.05, 0.1) is 6.04 Å². The van der Waals surface area contributed by atoms with Crippen LogP contribution in [0.1, 0.15) is 39.2 Å². The molecule has 0 radical (unpaired) electrons. The second-order valence-electron chi connectivity index (χ2n) is 8.16. The first kappa shape index (κ1) is 21.4. The third-order valence-corrected chi connectivity index (χ3v) is 5.48. The van der Waals surface area contributed by atoms with Gasteiger partial charge in [-0.1, -0.05) is 19.9 Å². The van der Waals surface area contributed by atoms with E-state index in [1.165, 1.54) is 0 Å². The number of benzene rings is 1. The van der Waals surface area contributed by atoms with Crippen molar-refractivity contribution in [1.29, 1.82) is 0 Å². The maximum absolute atomic E-state index is 12.4. The highest BCUT2D eigenvalue weighted by atomic mass is 16.7. The Morgan fingerprint density at radius 3 is 2.55 bits per heavy atom. The first-order valence-corrected chi connectivity index (χ1v) is 10.2. The highest BCUT2D eigenvalue weighted by molar-refractivity contribution is 5.96. The Kier molecular flexibility index (Phi) is 6.97. The molecule has 29 heavy (non-hydrogen) atoms. The van der Waals surface area contributed by atoms with Gasteiger partial charge >= 0.3 is 6.03 Å². The summed E-state index contributed by atoms with van der Waals surface area (Å²) in [4.78, 5) is 24.2. The van der Waals surface area contributed by atoms with Crippen molar-refractivity contribution in [2.75, 3.05) is 33.1 Å². The lowest BCUT2D eigenvalue weighted by Crippen LogP contribution is -2.52. The van der Waals surface area contributed by atoms with Crippen molar-refractivity contribution < 1.29 is 23.8 Å². The molecule has 1 aromatic carbocycles. The smallest absolute Gasteiger partial charge is 0.321 e. The lowest BCUT2D eigenvalue weighted by Gasteiger charge is -2.38. The molecule has 160 valence electrons. The summed E-state index contributed by atoms with van der Waals surface area (Å²) >= 11 is 0. The lowest BCUT2D eigenvalue weighted by atomic mass is 9.74. The van der Waals surface area contributed by atoms with Crippen molar-refractivity contribution in [3.8, 4) is 11.5 Å². The summed E-state index contributed by atoms with van der Waals surface area (Å²) < 4.78 is 16.5. The number of carbonyl (C=O) groups is 2. The van der Waals surface area contributed by atoms with Gasteiger partial charge in [0.25, 0.3) is 0 Å². The van der Waals surface area contributed by atoms with Gasteiger partial charge in [0.2, 0.25) is 12.7 Å². The van der Waals surface area contributed by atoms with Gasteiger partial charge in [0, 0.05) is 31.7 Å². The van der Waals surface area contributed by atoms with Crippen molar-refractivity contribution in [3.05, 3.63) is 23.8 Å². The van der Waals surface area contributed by atoms with Gasteiger partial charge in [-0.25, -0.2) is 4.79 Å². The zero-order valence-electron chi connectivity index (χ0n) is 17.4. The largest absolute Gasteiger partial charge is 0.454 e. The van der Waals surface area contributed by atoms with Gasteiger partial charge in [0.1, 0.15) is 0 Å². The molecule has 0 saturated carbocycles. The normalized spacial score (nSPS) is 18.3. The summed E-state index contributed by atoms with van der Waals surface area (Å²) in [5, 5.41) is 8.40. The molecule has 3 N–H and O–H groups in total. The number of rotatable bonds is 7. The summed E-state index contributed by atoms with van der Waals surface area (Å²) in [6.45, 7) is 8.43. The minimum Gasteiger partial charge on any atom is -0.454 e. The van der Waals surface area contributed by atoms with Gasteiger partial charge in [-0.3, -0.25) is 10.1 Å². The topological polar surface area (TPSA) is 97.9 Å². The van der Waals surface area contributed by atoms with Crippen LogP contribution in [-0.2, 0) is 14.9 Å². The molecule has 2 aliphatic heterocycles. The number of fused-ring (bicyclic) bond motifs is 1. The second-order valence-corrected chi connectivity index (χ2v) is 8.16. The van der Waals surface area contributed by atoms with E-state index in [2.05, 4.69) is 22.0 Å². The van der Waals surface area contributed by atoms with Crippen molar-refractivity contribution >= 4 is 11.9 Å². The number of nitrogens with one attached hydrogen (secondary N) is 3. The zero-order chi connectivity index (χ0) is 20.9. The minimum absolute atomic E-state index is 0.173. The van der Waals surface area contributed by atoms with Crippen LogP contribution in [0.15, 0.2) is 18.2 Å². The van der Waals surface area contributed by atoms with Gasteiger partial charge < -0.3 is 24.8 Å². The van der Waals surface area contributed by atoms with E-state index in [-0.39, 0.29) is 18.1 Å². The van der Waals surface area contributed by atoms with E-state index in [0.29, 0.717) is 32.2 Å². The molecular weight excluding hydrogens is 374 g/mol. The monoisotopic (exact) mass is 405 g/mol.